The number of amides is 1. The van der Waals surface area contributed by atoms with Gasteiger partial charge in [-0.2, -0.15) is 0 Å². The van der Waals surface area contributed by atoms with Crippen LogP contribution in [0.1, 0.15) is 31.9 Å². The van der Waals surface area contributed by atoms with Gasteiger partial charge in [0, 0.05) is 31.7 Å². The minimum Gasteiger partial charge on any atom is -0.392 e. The van der Waals surface area contributed by atoms with Gasteiger partial charge < -0.3 is 20.6 Å². The first-order valence-corrected chi connectivity index (χ1v) is 7.77. The van der Waals surface area contributed by atoms with Crippen molar-refractivity contribution < 1.29 is 14.3 Å². The normalized spacial score (nSPS) is 11.6. The lowest BCUT2D eigenvalue weighted by Gasteiger charge is -2.25. The van der Waals surface area contributed by atoms with Crippen LogP contribution in [-0.2, 0) is 17.9 Å². The lowest BCUT2D eigenvalue weighted by molar-refractivity contribution is -0.122. The first kappa shape index (κ1) is 23.6. The molecule has 1 aromatic rings. The van der Waals surface area contributed by atoms with Gasteiger partial charge in [-0.3, -0.25) is 9.79 Å². The van der Waals surface area contributed by atoms with Crippen molar-refractivity contribution in [2.45, 2.75) is 39.5 Å². The third kappa shape index (κ3) is 8.48. The predicted octanol–water partition coefficient (Wildman–Crippen LogP) is 1.86. The maximum Gasteiger partial charge on any atom is 0.240 e. The molecule has 0 aliphatic heterocycles. The molecule has 0 aliphatic carbocycles. The van der Waals surface area contributed by atoms with Crippen LogP contribution in [-0.4, -0.2) is 48.1 Å². The van der Waals surface area contributed by atoms with Gasteiger partial charge in [-0.05, 0) is 38.5 Å². The number of nitrogens with zero attached hydrogens (tertiary/aromatic N) is 2. The average Bonchev–Trinajstić information content (AvgIpc) is 2.47. The zero-order chi connectivity index (χ0) is 18.3. The number of nitrogens with one attached hydrogen (secondary N) is 2. The topological polar surface area (TPSA) is 77.0 Å². The van der Waals surface area contributed by atoms with Crippen molar-refractivity contribution in [1.29, 1.82) is 0 Å². The molecule has 1 amide bonds. The Bertz CT molecular complexity index is 603. The largest absolute Gasteiger partial charge is 0.392 e. The maximum absolute atomic E-state index is 13.4. The van der Waals surface area contributed by atoms with E-state index in [4.69, 9.17) is 5.11 Å². The Hall–Kier alpha value is -1.42. The molecule has 8 heteroatoms. The smallest absolute Gasteiger partial charge is 0.240 e. The van der Waals surface area contributed by atoms with E-state index in [1.807, 2.05) is 20.8 Å². The number of benzene rings is 1. The third-order valence-electron chi connectivity index (χ3n) is 3.20. The number of hydrogen-bond donors (Lipinski definition) is 3. The lowest BCUT2D eigenvalue weighted by Crippen LogP contribution is -2.48. The molecule has 0 atom stereocenters. The van der Waals surface area contributed by atoms with Crippen molar-refractivity contribution in [3.8, 4) is 0 Å². The molecule has 0 saturated heterocycles. The molecule has 0 bridgehead atoms. The number of hydrogen-bond acceptors (Lipinski definition) is 3. The number of aliphatic hydroxyl groups excluding tert-OH is 1. The fourth-order valence-electron chi connectivity index (χ4n) is 2.17. The molecule has 0 unspecified atom stereocenters. The molecule has 0 radical (unpaired) electrons. The second kappa shape index (κ2) is 10.5. The molecule has 0 saturated carbocycles. The van der Waals surface area contributed by atoms with Gasteiger partial charge in [0.1, 0.15) is 5.82 Å². The second-order valence-corrected chi connectivity index (χ2v) is 6.64. The van der Waals surface area contributed by atoms with Crippen molar-refractivity contribution in [3.63, 3.8) is 0 Å². The summed E-state index contributed by atoms with van der Waals surface area (Å²) in [6.07, 6.45) is 0. The molecule has 0 fully saturated rings. The minimum absolute atomic E-state index is 0. The number of aliphatic hydroxyl groups is 1. The maximum atomic E-state index is 13.4. The fraction of sp³-hybridized carbons (Fsp3) is 0.529. The van der Waals surface area contributed by atoms with E-state index in [1.54, 1.807) is 31.1 Å². The zero-order valence-electron chi connectivity index (χ0n) is 15.4. The number of halogens is 2. The Morgan fingerprint density at radius 1 is 1.36 bits per heavy atom. The highest BCUT2D eigenvalue weighted by Gasteiger charge is 2.16. The van der Waals surface area contributed by atoms with Gasteiger partial charge in [0.2, 0.25) is 5.91 Å². The van der Waals surface area contributed by atoms with Crippen LogP contribution >= 0.6 is 24.0 Å². The van der Waals surface area contributed by atoms with Gasteiger partial charge in [-0.25, -0.2) is 4.39 Å². The summed E-state index contributed by atoms with van der Waals surface area (Å²) in [7, 11) is 3.39. The molecule has 0 aliphatic rings. The Balaban J connectivity index is 0.00000576. The quantitative estimate of drug-likeness (QED) is 0.352. The molecule has 142 valence electrons. The van der Waals surface area contributed by atoms with Crippen molar-refractivity contribution in [1.82, 2.24) is 15.5 Å². The van der Waals surface area contributed by atoms with E-state index < -0.39 is 5.82 Å². The summed E-state index contributed by atoms with van der Waals surface area (Å²) >= 11 is 0. The highest BCUT2D eigenvalue weighted by molar-refractivity contribution is 14.0. The number of carbonyl (C=O) groups is 1. The SMILES string of the molecule is CN=C(NCc1ccc(F)c(CO)c1)N(C)CC(=O)NC(C)(C)C.I. The number of likely N-dealkylation sites (N-methyl/N-ethyl adjacent to an activating group) is 1. The van der Waals surface area contributed by atoms with Gasteiger partial charge >= 0.3 is 0 Å². The van der Waals surface area contributed by atoms with Crippen molar-refractivity contribution in [2.24, 2.45) is 4.99 Å². The van der Waals surface area contributed by atoms with Gasteiger partial charge in [-0.15, -0.1) is 24.0 Å². The van der Waals surface area contributed by atoms with Crippen molar-refractivity contribution >= 4 is 35.8 Å². The summed E-state index contributed by atoms with van der Waals surface area (Å²) < 4.78 is 13.4. The standard InChI is InChI=1S/C17H27FN4O2.HI/c1-17(2,3)21-15(24)10-22(5)16(19-4)20-9-12-6-7-14(18)13(8-12)11-23;/h6-8,23H,9-11H2,1-5H3,(H,19,20)(H,21,24);1H. The van der Waals surface area contributed by atoms with Crippen LogP contribution in [0.15, 0.2) is 23.2 Å². The summed E-state index contributed by atoms with van der Waals surface area (Å²) in [4.78, 5) is 17.8. The summed E-state index contributed by atoms with van der Waals surface area (Å²) in [5, 5.41) is 15.1. The number of rotatable bonds is 5. The van der Waals surface area contributed by atoms with E-state index in [-0.39, 0.29) is 54.1 Å². The molecule has 0 aromatic heterocycles. The Kier molecular flexibility index (Phi) is 9.95. The second-order valence-electron chi connectivity index (χ2n) is 6.64. The molecule has 1 rings (SSSR count). The summed E-state index contributed by atoms with van der Waals surface area (Å²) in [6, 6.07) is 4.56. The van der Waals surface area contributed by atoms with E-state index >= 15 is 0 Å². The molecule has 0 spiro atoms. The monoisotopic (exact) mass is 466 g/mol. The number of aliphatic imine (C=N–C) groups is 1. The molecular weight excluding hydrogens is 438 g/mol. The van der Waals surface area contributed by atoms with Crippen LogP contribution in [0.4, 0.5) is 4.39 Å². The first-order chi connectivity index (χ1) is 11.2. The molecule has 1 aromatic carbocycles. The van der Waals surface area contributed by atoms with Crippen LogP contribution in [0.5, 0.6) is 0 Å². The van der Waals surface area contributed by atoms with Crippen LogP contribution in [0, 0.1) is 5.82 Å². The summed E-state index contributed by atoms with van der Waals surface area (Å²) in [5.74, 6) is 0.0211. The molecule has 0 heterocycles. The van der Waals surface area contributed by atoms with Crippen LogP contribution in [0.2, 0.25) is 0 Å². The fourth-order valence-corrected chi connectivity index (χ4v) is 2.17. The van der Waals surface area contributed by atoms with E-state index in [0.717, 1.165) is 5.56 Å². The Morgan fingerprint density at radius 2 is 2.00 bits per heavy atom. The molecule has 25 heavy (non-hydrogen) atoms. The highest BCUT2D eigenvalue weighted by atomic mass is 127. The molecular formula is C17H28FIN4O2. The lowest BCUT2D eigenvalue weighted by atomic mass is 10.1. The number of guanidine groups is 1. The first-order valence-electron chi connectivity index (χ1n) is 7.77. The Labute approximate surface area is 165 Å². The van der Waals surface area contributed by atoms with Gasteiger partial charge in [-0.1, -0.05) is 6.07 Å². The van der Waals surface area contributed by atoms with E-state index in [2.05, 4.69) is 15.6 Å². The van der Waals surface area contributed by atoms with Gasteiger partial charge in [0.25, 0.3) is 0 Å². The highest BCUT2D eigenvalue weighted by Crippen LogP contribution is 2.10. The third-order valence-corrected chi connectivity index (χ3v) is 3.20. The van der Waals surface area contributed by atoms with E-state index in [1.165, 1.54) is 6.07 Å². The molecule has 6 nitrogen and oxygen atoms in total. The predicted molar refractivity (Wildman–Crippen MR) is 108 cm³/mol. The molecule has 3 N–H and O–H groups in total. The van der Waals surface area contributed by atoms with Crippen molar-refractivity contribution in [3.05, 3.63) is 35.1 Å². The van der Waals surface area contributed by atoms with Crippen LogP contribution < -0.4 is 10.6 Å². The number of carbonyl (C=O) groups excluding carboxylic acids is 1. The minimum atomic E-state index is -0.429. The van der Waals surface area contributed by atoms with Crippen LogP contribution in [0.25, 0.3) is 0 Å². The van der Waals surface area contributed by atoms with Crippen molar-refractivity contribution in [2.75, 3.05) is 20.6 Å². The average molecular weight is 466 g/mol. The summed E-state index contributed by atoms with van der Waals surface area (Å²) in [5.41, 5.74) is 0.778. The zero-order valence-corrected chi connectivity index (χ0v) is 17.7. The van der Waals surface area contributed by atoms with Gasteiger partial charge in [0.15, 0.2) is 5.96 Å². The van der Waals surface area contributed by atoms with Gasteiger partial charge in [0.05, 0.1) is 13.2 Å². The van der Waals surface area contributed by atoms with Crippen LogP contribution in [0.3, 0.4) is 0 Å². The van der Waals surface area contributed by atoms with E-state index in [9.17, 15) is 9.18 Å². The summed E-state index contributed by atoms with van der Waals surface area (Å²) in [6.45, 7) is 6.00. The Morgan fingerprint density at radius 3 is 2.52 bits per heavy atom. The van der Waals surface area contributed by atoms with E-state index in [0.29, 0.717) is 12.5 Å².